The molecule has 0 radical (unpaired) electrons. The minimum absolute atomic E-state index is 0.0619. The van der Waals surface area contributed by atoms with Crippen LogP contribution in [0.1, 0.15) is 17.3 Å². The second-order valence-electron chi connectivity index (χ2n) is 4.91. The van der Waals surface area contributed by atoms with E-state index in [2.05, 4.69) is 5.32 Å². The predicted molar refractivity (Wildman–Crippen MR) is 72.6 cm³/mol. The van der Waals surface area contributed by atoms with Gasteiger partial charge in [-0.15, -0.1) is 0 Å². The maximum Gasteiger partial charge on any atom is 0.309 e. The first kappa shape index (κ1) is 14.2. The van der Waals surface area contributed by atoms with Crippen molar-refractivity contribution in [2.24, 2.45) is 5.92 Å². The van der Waals surface area contributed by atoms with Gasteiger partial charge < -0.3 is 10.4 Å². The van der Waals surface area contributed by atoms with Crippen molar-refractivity contribution in [3.8, 4) is 0 Å². The van der Waals surface area contributed by atoms with E-state index in [4.69, 9.17) is 5.11 Å². The number of hydrogen-bond donors (Lipinski definition) is 2. The fraction of sp³-hybridized carbons (Fsp3) is 0.357. The minimum Gasteiger partial charge on any atom is -0.481 e. The monoisotopic (exact) mass is 276 g/mol. The fourth-order valence-electron chi connectivity index (χ4n) is 2.07. The smallest absolute Gasteiger partial charge is 0.309 e. The van der Waals surface area contributed by atoms with Crippen molar-refractivity contribution in [1.82, 2.24) is 4.90 Å². The molecule has 1 heterocycles. The van der Waals surface area contributed by atoms with Crippen LogP contribution in [-0.2, 0) is 9.59 Å². The summed E-state index contributed by atoms with van der Waals surface area (Å²) < 4.78 is 0. The molecule has 1 amide bonds. The van der Waals surface area contributed by atoms with E-state index in [0.29, 0.717) is 24.3 Å². The van der Waals surface area contributed by atoms with E-state index in [-0.39, 0.29) is 24.2 Å². The van der Waals surface area contributed by atoms with Gasteiger partial charge in [-0.3, -0.25) is 19.3 Å². The molecule has 0 unspecified atom stereocenters. The number of anilines is 1. The number of rotatable bonds is 5. The lowest BCUT2D eigenvalue weighted by Crippen LogP contribution is -2.52. The molecule has 106 valence electrons. The maximum atomic E-state index is 11.8. The maximum absolute atomic E-state index is 11.8. The number of Topliss-reactive ketones (excluding diaryl/α,β-unsaturated/α-hetero) is 1. The van der Waals surface area contributed by atoms with Crippen molar-refractivity contribution in [2.75, 3.05) is 25.0 Å². The molecular weight excluding hydrogens is 260 g/mol. The number of nitrogens with zero attached hydrogens (tertiary/aromatic N) is 1. The average Bonchev–Trinajstić information content (AvgIpc) is 2.33. The topological polar surface area (TPSA) is 86.7 Å². The molecule has 2 rings (SSSR count). The van der Waals surface area contributed by atoms with Crippen molar-refractivity contribution in [1.29, 1.82) is 0 Å². The SMILES string of the molecule is CC(=O)c1cccc(NC(=O)CN2CC(C(=O)O)C2)c1. The molecule has 1 aliphatic heterocycles. The molecule has 6 heteroatoms. The first-order valence-corrected chi connectivity index (χ1v) is 6.31. The van der Waals surface area contributed by atoms with Gasteiger partial charge in [0.25, 0.3) is 0 Å². The van der Waals surface area contributed by atoms with Gasteiger partial charge in [-0.25, -0.2) is 0 Å². The standard InChI is InChI=1S/C14H16N2O4/c1-9(17)10-3-2-4-12(5-10)15-13(18)8-16-6-11(7-16)14(19)20/h2-5,11H,6-8H2,1H3,(H,15,18)(H,19,20). The zero-order valence-electron chi connectivity index (χ0n) is 11.1. The molecule has 2 N–H and O–H groups in total. The highest BCUT2D eigenvalue weighted by atomic mass is 16.4. The highest BCUT2D eigenvalue weighted by Gasteiger charge is 2.33. The molecule has 1 fully saturated rings. The van der Waals surface area contributed by atoms with Gasteiger partial charge >= 0.3 is 5.97 Å². The number of carbonyl (C=O) groups excluding carboxylic acids is 2. The normalized spacial score (nSPS) is 15.4. The number of aliphatic carboxylic acids is 1. The lowest BCUT2D eigenvalue weighted by molar-refractivity contribution is -0.148. The Bertz CT molecular complexity index is 550. The second kappa shape index (κ2) is 5.83. The Morgan fingerprint density at radius 1 is 1.35 bits per heavy atom. The fourth-order valence-corrected chi connectivity index (χ4v) is 2.07. The number of carboxylic acids is 1. The number of benzene rings is 1. The van der Waals surface area contributed by atoms with E-state index in [0.717, 1.165) is 0 Å². The Morgan fingerprint density at radius 2 is 2.05 bits per heavy atom. The van der Waals surface area contributed by atoms with E-state index in [1.807, 2.05) is 0 Å². The van der Waals surface area contributed by atoms with Crippen molar-refractivity contribution in [3.63, 3.8) is 0 Å². The summed E-state index contributed by atoms with van der Waals surface area (Å²) in [6.07, 6.45) is 0. The molecule has 1 aromatic rings. The van der Waals surface area contributed by atoms with Crippen LogP contribution in [0, 0.1) is 5.92 Å². The summed E-state index contributed by atoms with van der Waals surface area (Å²) in [6.45, 7) is 2.42. The first-order chi connectivity index (χ1) is 9.45. The van der Waals surface area contributed by atoms with Crippen molar-refractivity contribution >= 4 is 23.3 Å². The summed E-state index contributed by atoms with van der Waals surface area (Å²) in [6, 6.07) is 6.72. The molecular formula is C14H16N2O4. The molecule has 20 heavy (non-hydrogen) atoms. The quantitative estimate of drug-likeness (QED) is 0.778. The Labute approximate surface area is 116 Å². The molecule has 1 saturated heterocycles. The van der Waals surface area contributed by atoms with Crippen LogP contribution < -0.4 is 5.32 Å². The number of likely N-dealkylation sites (tertiary alicyclic amines) is 1. The Balaban J connectivity index is 1.85. The van der Waals surface area contributed by atoms with E-state index in [1.54, 1.807) is 29.2 Å². The third kappa shape index (κ3) is 3.42. The molecule has 6 nitrogen and oxygen atoms in total. The van der Waals surface area contributed by atoms with Gasteiger partial charge in [0.2, 0.25) is 5.91 Å². The summed E-state index contributed by atoms with van der Waals surface area (Å²) >= 11 is 0. The van der Waals surface area contributed by atoms with Gasteiger partial charge in [-0.05, 0) is 19.1 Å². The molecule has 0 bridgehead atoms. The summed E-state index contributed by atoms with van der Waals surface area (Å²) in [5, 5.41) is 11.4. The lowest BCUT2D eigenvalue weighted by Gasteiger charge is -2.35. The molecule has 0 aliphatic carbocycles. The lowest BCUT2D eigenvalue weighted by atomic mass is 10.0. The van der Waals surface area contributed by atoms with Gasteiger partial charge in [-0.2, -0.15) is 0 Å². The highest BCUT2D eigenvalue weighted by molar-refractivity contribution is 5.97. The van der Waals surface area contributed by atoms with Crippen LogP contribution in [0.15, 0.2) is 24.3 Å². The number of nitrogens with one attached hydrogen (secondary N) is 1. The summed E-state index contributed by atoms with van der Waals surface area (Å²) in [4.78, 5) is 35.4. The second-order valence-corrected chi connectivity index (χ2v) is 4.91. The van der Waals surface area contributed by atoms with Crippen LogP contribution in [0.3, 0.4) is 0 Å². The van der Waals surface area contributed by atoms with Gasteiger partial charge in [0.1, 0.15) is 0 Å². The molecule has 0 spiro atoms. The van der Waals surface area contributed by atoms with E-state index in [9.17, 15) is 14.4 Å². The summed E-state index contributed by atoms with van der Waals surface area (Å²) in [5.41, 5.74) is 1.11. The van der Waals surface area contributed by atoms with Gasteiger partial charge in [0.05, 0.1) is 12.5 Å². The van der Waals surface area contributed by atoms with E-state index < -0.39 is 5.97 Å². The number of carboxylic acid groups (broad SMARTS) is 1. The van der Waals surface area contributed by atoms with Crippen LogP contribution in [0.4, 0.5) is 5.69 Å². The zero-order chi connectivity index (χ0) is 14.7. The minimum atomic E-state index is -0.823. The third-order valence-electron chi connectivity index (χ3n) is 3.23. The van der Waals surface area contributed by atoms with Gasteiger partial charge in [0.15, 0.2) is 5.78 Å². The first-order valence-electron chi connectivity index (χ1n) is 6.31. The summed E-state index contributed by atoms with van der Waals surface area (Å²) in [5.74, 6) is -1.47. The van der Waals surface area contributed by atoms with E-state index >= 15 is 0 Å². The van der Waals surface area contributed by atoms with Crippen LogP contribution in [0.2, 0.25) is 0 Å². The highest BCUT2D eigenvalue weighted by Crippen LogP contribution is 2.16. The van der Waals surface area contributed by atoms with Crippen molar-refractivity contribution in [2.45, 2.75) is 6.92 Å². The number of amides is 1. The average molecular weight is 276 g/mol. The molecule has 1 aromatic carbocycles. The summed E-state index contributed by atoms with van der Waals surface area (Å²) in [7, 11) is 0. The Morgan fingerprint density at radius 3 is 2.65 bits per heavy atom. The molecule has 0 aromatic heterocycles. The predicted octanol–water partition coefficient (Wildman–Crippen LogP) is 0.844. The van der Waals surface area contributed by atoms with Crippen LogP contribution in [0.5, 0.6) is 0 Å². The molecule has 0 saturated carbocycles. The van der Waals surface area contributed by atoms with Gasteiger partial charge in [0, 0.05) is 24.3 Å². The Hall–Kier alpha value is -2.21. The number of ketones is 1. The van der Waals surface area contributed by atoms with Crippen LogP contribution in [-0.4, -0.2) is 47.3 Å². The zero-order valence-corrected chi connectivity index (χ0v) is 11.1. The van der Waals surface area contributed by atoms with Crippen LogP contribution in [0.25, 0.3) is 0 Å². The Kier molecular flexibility index (Phi) is 4.14. The number of carbonyl (C=O) groups is 3. The van der Waals surface area contributed by atoms with Crippen LogP contribution >= 0.6 is 0 Å². The number of hydrogen-bond acceptors (Lipinski definition) is 4. The largest absolute Gasteiger partial charge is 0.481 e. The van der Waals surface area contributed by atoms with E-state index in [1.165, 1.54) is 6.92 Å². The third-order valence-corrected chi connectivity index (χ3v) is 3.23. The molecule has 1 aliphatic rings. The van der Waals surface area contributed by atoms with Gasteiger partial charge in [-0.1, -0.05) is 12.1 Å². The van der Waals surface area contributed by atoms with Crippen molar-refractivity contribution in [3.05, 3.63) is 29.8 Å². The molecule has 0 atom stereocenters. The van der Waals surface area contributed by atoms with Crippen molar-refractivity contribution < 1.29 is 19.5 Å².